The molecule has 0 aliphatic heterocycles. The number of unbranched alkanes of at least 4 members (excludes halogenated alkanes) is 52. The Balaban J connectivity index is 0. The lowest BCUT2D eigenvalue weighted by molar-refractivity contribution is -0.138. The van der Waals surface area contributed by atoms with E-state index in [1.54, 1.807) is 0 Å². The Morgan fingerprint density at radius 1 is 0.188 bits per heavy atom. The summed E-state index contributed by atoms with van der Waals surface area (Å²) in [6.45, 7) is 4.59. The van der Waals surface area contributed by atoms with Gasteiger partial charge < -0.3 is 10.2 Å². The Bertz CT molecular complexity index is 773. The van der Waals surface area contributed by atoms with Gasteiger partial charge in [0.25, 0.3) is 0 Å². The summed E-state index contributed by atoms with van der Waals surface area (Å²) >= 11 is 0. The fourth-order valence-electron chi connectivity index (χ4n) is 9.54. The van der Waals surface area contributed by atoms with Crippen LogP contribution in [0.1, 0.15) is 373 Å². The third-order valence-electron chi connectivity index (χ3n) is 14.0. The van der Waals surface area contributed by atoms with Crippen molar-refractivity contribution in [3.8, 4) is 0 Å². The molecule has 0 amide bonds. The quantitative estimate of drug-likeness (QED) is 0.0596. The van der Waals surface area contributed by atoms with Gasteiger partial charge in [0.05, 0.1) is 0 Å². The minimum atomic E-state index is -0.649. The fourth-order valence-corrected chi connectivity index (χ4v) is 9.54. The largest absolute Gasteiger partial charge is 0.481 e. The summed E-state index contributed by atoms with van der Waals surface area (Å²) in [7, 11) is 0. The van der Waals surface area contributed by atoms with E-state index in [9.17, 15) is 9.59 Å². The molecule has 0 saturated heterocycles. The molecule has 0 heterocycles. The molecule has 384 valence electrons. The van der Waals surface area contributed by atoms with Crippen LogP contribution in [0, 0.1) is 0 Å². The van der Waals surface area contributed by atoms with Gasteiger partial charge in [-0.1, -0.05) is 348 Å². The molecule has 0 aliphatic rings. The lowest BCUT2D eigenvalue weighted by Crippen LogP contribution is -1.93. The van der Waals surface area contributed by atoms with Crippen LogP contribution < -0.4 is 0 Å². The van der Waals surface area contributed by atoms with Gasteiger partial charge in [0.15, 0.2) is 0 Å². The van der Waals surface area contributed by atoms with E-state index in [1.807, 2.05) is 0 Å². The molecule has 0 atom stereocenters. The maximum absolute atomic E-state index is 10.4. The zero-order chi connectivity index (χ0) is 46.8. The van der Waals surface area contributed by atoms with Gasteiger partial charge in [0.1, 0.15) is 0 Å². The predicted octanol–water partition coefficient (Wildman–Crippen LogP) is 22.0. The van der Waals surface area contributed by atoms with Crippen molar-refractivity contribution >= 4 is 11.9 Å². The van der Waals surface area contributed by atoms with E-state index in [1.165, 1.54) is 321 Å². The van der Waals surface area contributed by atoms with Crippen LogP contribution in [-0.4, -0.2) is 22.2 Å². The molecule has 4 nitrogen and oxygen atoms in total. The van der Waals surface area contributed by atoms with E-state index in [-0.39, 0.29) is 0 Å². The normalized spacial score (nSPS) is 11.3. The molecule has 0 aromatic heterocycles. The average molecular weight is 906 g/mol. The maximum atomic E-state index is 10.4. The first-order valence-corrected chi connectivity index (χ1v) is 30.0. The van der Waals surface area contributed by atoms with Crippen LogP contribution in [0.4, 0.5) is 0 Å². The summed E-state index contributed by atoms with van der Waals surface area (Å²) in [4.78, 5) is 20.9. The van der Waals surface area contributed by atoms with E-state index in [4.69, 9.17) is 10.2 Å². The van der Waals surface area contributed by atoms with Gasteiger partial charge in [0.2, 0.25) is 0 Å². The highest BCUT2D eigenvalue weighted by atomic mass is 16.4. The van der Waals surface area contributed by atoms with Gasteiger partial charge in [0, 0.05) is 12.8 Å². The number of hydrogen-bond acceptors (Lipinski definition) is 2. The van der Waals surface area contributed by atoms with Crippen molar-refractivity contribution in [1.29, 1.82) is 0 Å². The average Bonchev–Trinajstić information content (AvgIpc) is 3.28. The Morgan fingerprint density at radius 2 is 0.281 bits per heavy atom. The second-order valence-corrected chi connectivity index (χ2v) is 20.7. The third kappa shape index (κ3) is 67.5. The maximum Gasteiger partial charge on any atom is 0.303 e. The van der Waals surface area contributed by atoms with Crippen LogP contribution in [0.2, 0.25) is 0 Å². The summed E-state index contributed by atoms with van der Waals surface area (Å²) in [5.74, 6) is -1.30. The lowest BCUT2D eigenvalue weighted by Gasteiger charge is -2.04. The second kappa shape index (κ2) is 61.9. The van der Waals surface area contributed by atoms with Crippen LogP contribution in [0.5, 0.6) is 0 Å². The fraction of sp³-hybridized carbons (Fsp3) is 0.967. The standard InChI is InChI=1S/2C30H60O2/c2*1-2-3-4-5-6-7-8-9-10-11-12-13-14-15-16-17-18-19-20-21-22-23-24-25-26-27-28-29-30(31)32/h2*2-29H2,1H3,(H,31,32). The van der Waals surface area contributed by atoms with E-state index >= 15 is 0 Å². The highest BCUT2D eigenvalue weighted by molar-refractivity contribution is 5.66. The SMILES string of the molecule is CCCCCCCCCCCCCCCCCCCCCCCCCCCCCC(=O)O.CCCCCCCCCCCCCCCCCCCCCCCCCCCCCC(=O)O. The molecule has 0 radical (unpaired) electrons. The third-order valence-corrected chi connectivity index (χ3v) is 14.0. The van der Waals surface area contributed by atoms with Crippen molar-refractivity contribution in [1.82, 2.24) is 0 Å². The molecule has 0 aliphatic carbocycles. The molecule has 0 bridgehead atoms. The number of carboxylic acids is 2. The molecule has 0 saturated carbocycles. The van der Waals surface area contributed by atoms with E-state index in [0.29, 0.717) is 12.8 Å². The number of rotatable bonds is 56. The molecular formula is C60H120O4. The lowest BCUT2D eigenvalue weighted by atomic mass is 10.0. The molecule has 64 heavy (non-hydrogen) atoms. The zero-order valence-corrected chi connectivity index (χ0v) is 44.3. The molecule has 2 N–H and O–H groups in total. The first-order chi connectivity index (χ1) is 31.5. The predicted molar refractivity (Wildman–Crippen MR) is 285 cm³/mol. The second-order valence-electron chi connectivity index (χ2n) is 20.7. The molecule has 0 fully saturated rings. The molecular weight excluding hydrogens is 785 g/mol. The van der Waals surface area contributed by atoms with E-state index in [2.05, 4.69) is 13.8 Å². The minimum absolute atomic E-state index is 0.347. The molecule has 4 heteroatoms. The Kier molecular flexibility index (Phi) is 62.9. The minimum Gasteiger partial charge on any atom is -0.481 e. The number of aliphatic carboxylic acids is 2. The summed E-state index contributed by atoms with van der Waals surface area (Å²) in [5, 5.41) is 17.2. The molecule has 0 rings (SSSR count). The van der Waals surface area contributed by atoms with Crippen molar-refractivity contribution in [3.05, 3.63) is 0 Å². The van der Waals surface area contributed by atoms with Crippen molar-refractivity contribution in [2.75, 3.05) is 0 Å². The first-order valence-electron chi connectivity index (χ1n) is 30.0. The van der Waals surface area contributed by atoms with Crippen molar-refractivity contribution in [2.24, 2.45) is 0 Å². The van der Waals surface area contributed by atoms with E-state index < -0.39 is 11.9 Å². The van der Waals surface area contributed by atoms with Crippen molar-refractivity contribution in [2.45, 2.75) is 373 Å². The van der Waals surface area contributed by atoms with Crippen molar-refractivity contribution in [3.63, 3.8) is 0 Å². The summed E-state index contributed by atoms with van der Waals surface area (Å²) in [6.07, 6.45) is 75.9. The Labute approximate surface area is 403 Å². The highest BCUT2D eigenvalue weighted by Gasteiger charge is 2.00. The first kappa shape index (κ1) is 65.0. The van der Waals surface area contributed by atoms with Gasteiger partial charge in [-0.2, -0.15) is 0 Å². The zero-order valence-electron chi connectivity index (χ0n) is 44.3. The van der Waals surface area contributed by atoms with Gasteiger partial charge in [-0.3, -0.25) is 9.59 Å². The molecule has 0 unspecified atom stereocenters. The number of carboxylic acid groups (broad SMARTS) is 2. The Morgan fingerprint density at radius 3 is 0.375 bits per heavy atom. The van der Waals surface area contributed by atoms with Crippen LogP contribution in [0.15, 0.2) is 0 Å². The molecule has 0 aromatic rings. The monoisotopic (exact) mass is 905 g/mol. The van der Waals surface area contributed by atoms with E-state index in [0.717, 1.165) is 25.7 Å². The van der Waals surface area contributed by atoms with Gasteiger partial charge in [-0.15, -0.1) is 0 Å². The summed E-state index contributed by atoms with van der Waals surface area (Å²) < 4.78 is 0. The van der Waals surface area contributed by atoms with Gasteiger partial charge >= 0.3 is 11.9 Å². The molecule has 0 spiro atoms. The van der Waals surface area contributed by atoms with Crippen LogP contribution in [0.25, 0.3) is 0 Å². The topological polar surface area (TPSA) is 74.6 Å². The summed E-state index contributed by atoms with van der Waals surface area (Å²) in [6, 6.07) is 0. The smallest absolute Gasteiger partial charge is 0.303 e. The molecule has 0 aromatic carbocycles. The van der Waals surface area contributed by atoms with Crippen LogP contribution in [0.3, 0.4) is 0 Å². The van der Waals surface area contributed by atoms with Gasteiger partial charge in [-0.05, 0) is 12.8 Å². The number of hydrogen-bond donors (Lipinski definition) is 2. The van der Waals surface area contributed by atoms with Gasteiger partial charge in [-0.25, -0.2) is 0 Å². The van der Waals surface area contributed by atoms with Crippen LogP contribution in [-0.2, 0) is 9.59 Å². The van der Waals surface area contributed by atoms with Crippen LogP contribution >= 0.6 is 0 Å². The highest BCUT2D eigenvalue weighted by Crippen LogP contribution is 2.19. The Hall–Kier alpha value is -1.06. The number of carbonyl (C=O) groups is 2. The summed E-state index contributed by atoms with van der Waals surface area (Å²) in [5.41, 5.74) is 0. The van der Waals surface area contributed by atoms with Crippen molar-refractivity contribution < 1.29 is 19.8 Å².